The Hall–Kier alpha value is -11.4. The molecule has 0 aromatic heterocycles. The number of hydrogen-bond donors (Lipinski definition) is 25. The monoisotopic (exact) mass is 1780 g/mol. The highest BCUT2D eigenvalue weighted by molar-refractivity contribution is 7.98. The summed E-state index contributed by atoms with van der Waals surface area (Å²) >= 11 is 5.14. The number of carbonyl (C=O) groups excluding carboxylic acids is 15. The molecule has 1 aliphatic heterocycles. The number of aliphatic carboxylic acids is 6. The predicted octanol–water partition coefficient (Wildman–Crippen LogP) is -7.14. The number of amides is 15. The molecule has 27 N–H and O–H groups in total. The Kier molecular flexibility index (Phi) is 49.3. The Morgan fingerprint density at radius 1 is 0.447 bits per heavy atom. The maximum Gasteiger partial charge on any atom is 0.326 e. The van der Waals surface area contributed by atoms with Crippen LogP contribution in [0.3, 0.4) is 0 Å². The number of aliphatic hydroxyl groups is 1. The van der Waals surface area contributed by atoms with E-state index < -0.39 is 291 Å². The van der Waals surface area contributed by atoms with Gasteiger partial charge < -0.3 is 132 Å². The van der Waals surface area contributed by atoms with Gasteiger partial charge in [0.1, 0.15) is 84.6 Å². The molecule has 1 aromatic carbocycles. The van der Waals surface area contributed by atoms with Gasteiger partial charge in [-0.1, -0.05) is 58.0 Å². The van der Waals surface area contributed by atoms with Crippen molar-refractivity contribution in [2.24, 2.45) is 29.0 Å². The molecule has 46 nitrogen and oxygen atoms in total. The number of nitrogens with one attached hydrogen (secondary N) is 14. The average molecular weight is 1780 g/mol. The summed E-state index contributed by atoms with van der Waals surface area (Å²) in [5.74, 6) is -26.9. The van der Waals surface area contributed by atoms with E-state index in [1.807, 2.05) is 0 Å². The summed E-state index contributed by atoms with van der Waals surface area (Å²) < 4.78 is 0. The smallest absolute Gasteiger partial charge is 0.326 e. The summed E-state index contributed by atoms with van der Waals surface area (Å²) in [6.07, 6.45) is -3.75. The largest absolute Gasteiger partial charge is 0.481 e. The zero-order valence-corrected chi connectivity index (χ0v) is 70.8. The van der Waals surface area contributed by atoms with Gasteiger partial charge in [0.15, 0.2) is 0 Å². The third-order valence-electron chi connectivity index (χ3n) is 19.0. The van der Waals surface area contributed by atoms with Crippen molar-refractivity contribution in [3.8, 4) is 0 Å². The minimum Gasteiger partial charge on any atom is -0.481 e. The molecule has 1 fully saturated rings. The Labute approximate surface area is 717 Å². The number of carboxylic acid groups (broad SMARTS) is 6. The first-order valence-corrected chi connectivity index (χ1v) is 41.7. The third kappa shape index (κ3) is 40.0. The molecule has 48 heteroatoms. The number of carbonyl (C=O) groups is 21. The van der Waals surface area contributed by atoms with Crippen LogP contribution in [-0.4, -0.2) is 306 Å². The molecule has 1 aromatic rings. The van der Waals surface area contributed by atoms with Crippen LogP contribution in [0.15, 0.2) is 30.3 Å². The lowest BCUT2D eigenvalue weighted by Crippen LogP contribution is -2.62. The molecule has 1 heterocycles. The van der Waals surface area contributed by atoms with Crippen LogP contribution in [0.2, 0.25) is 0 Å². The molecule has 15 atom stereocenters. The van der Waals surface area contributed by atoms with Gasteiger partial charge in [0.25, 0.3) is 0 Å². The fraction of sp³-hybridized carbons (Fsp3) is 0.640. The van der Waals surface area contributed by atoms with Crippen LogP contribution < -0.4 is 91.6 Å². The van der Waals surface area contributed by atoms with Crippen LogP contribution in [0.4, 0.5) is 0 Å². The van der Waals surface area contributed by atoms with Gasteiger partial charge >= 0.3 is 35.8 Å². The van der Waals surface area contributed by atoms with Crippen LogP contribution >= 0.6 is 24.4 Å². The number of likely N-dealkylation sites (tertiary alicyclic amines) is 1. The molecule has 688 valence electrons. The van der Waals surface area contributed by atoms with Crippen molar-refractivity contribution in [2.75, 3.05) is 50.5 Å². The first-order valence-electron chi connectivity index (χ1n) is 39.7. The van der Waals surface area contributed by atoms with E-state index in [4.69, 9.17) is 17.2 Å². The Bertz CT molecular complexity index is 3830. The molecule has 0 aliphatic carbocycles. The molecule has 0 saturated carbocycles. The van der Waals surface area contributed by atoms with Gasteiger partial charge in [-0.3, -0.25) is 95.9 Å². The molecular formula is C75H118N18O28S2. The zero-order valence-electron chi connectivity index (χ0n) is 69.1. The van der Waals surface area contributed by atoms with Gasteiger partial charge in [0, 0.05) is 38.0 Å². The Morgan fingerprint density at radius 2 is 0.837 bits per heavy atom. The molecule has 123 heavy (non-hydrogen) atoms. The number of carboxylic acids is 6. The van der Waals surface area contributed by atoms with Crippen LogP contribution in [0, 0.1) is 11.8 Å². The van der Waals surface area contributed by atoms with Gasteiger partial charge in [0.2, 0.25) is 88.6 Å². The lowest BCUT2D eigenvalue weighted by atomic mass is 9.99. The molecule has 1 saturated heterocycles. The van der Waals surface area contributed by atoms with Crippen molar-refractivity contribution in [2.45, 2.75) is 241 Å². The van der Waals surface area contributed by atoms with Gasteiger partial charge in [-0.15, -0.1) is 0 Å². The Balaban J connectivity index is 2.43. The summed E-state index contributed by atoms with van der Waals surface area (Å²) in [7, 11) is 0. The molecular weight excluding hydrogens is 1670 g/mol. The average Bonchev–Trinajstić information content (AvgIpc) is 1.72. The van der Waals surface area contributed by atoms with Gasteiger partial charge in [0.05, 0.1) is 32.0 Å². The first-order chi connectivity index (χ1) is 57.9. The second-order valence-electron chi connectivity index (χ2n) is 29.6. The van der Waals surface area contributed by atoms with E-state index in [0.29, 0.717) is 18.4 Å². The number of aliphatic hydroxyl groups excluding tert-OH is 1. The molecule has 0 spiro atoms. The summed E-state index contributed by atoms with van der Waals surface area (Å²) in [6.45, 7) is 5.38. The van der Waals surface area contributed by atoms with Crippen molar-refractivity contribution < 1.29 is 136 Å². The number of rotatable bonds is 60. The highest BCUT2D eigenvalue weighted by atomic mass is 32.2. The van der Waals surface area contributed by atoms with Gasteiger partial charge in [-0.2, -0.15) is 24.4 Å². The Morgan fingerprint density at radius 3 is 1.29 bits per heavy atom. The van der Waals surface area contributed by atoms with Crippen LogP contribution in [0.25, 0.3) is 0 Å². The summed E-state index contributed by atoms with van der Waals surface area (Å²) in [4.78, 5) is 280. The number of nitrogens with two attached hydrogens (primary N) is 3. The van der Waals surface area contributed by atoms with Crippen molar-refractivity contribution >= 4 is 149 Å². The van der Waals surface area contributed by atoms with Gasteiger partial charge in [-0.05, 0) is 126 Å². The number of unbranched alkanes of at least 4 members (excludes halogenated alkanes) is 2. The van der Waals surface area contributed by atoms with E-state index in [9.17, 15) is 136 Å². The van der Waals surface area contributed by atoms with E-state index in [1.165, 1.54) is 25.6 Å². The second-order valence-corrected chi connectivity index (χ2v) is 31.0. The molecule has 0 unspecified atom stereocenters. The number of thioether (sulfide) groups is 1. The topological polar surface area (TPSA) is 750 Å². The quantitative estimate of drug-likeness (QED) is 0.0213. The highest BCUT2D eigenvalue weighted by Crippen LogP contribution is 2.22. The van der Waals surface area contributed by atoms with Crippen molar-refractivity contribution in [3.05, 3.63) is 35.9 Å². The van der Waals surface area contributed by atoms with Crippen molar-refractivity contribution in [1.29, 1.82) is 0 Å². The first kappa shape index (κ1) is 108. The molecule has 15 amide bonds. The van der Waals surface area contributed by atoms with E-state index in [0.717, 1.165) is 11.8 Å². The van der Waals surface area contributed by atoms with E-state index in [2.05, 4.69) is 87.1 Å². The summed E-state index contributed by atoms with van der Waals surface area (Å²) in [6, 6.07) is -16.7. The molecule has 1 aliphatic rings. The van der Waals surface area contributed by atoms with Crippen molar-refractivity contribution in [3.63, 3.8) is 0 Å². The second kappa shape index (κ2) is 56.3. The maximum atomic E-state index is 14.7. The van der Waals surface area contributed by atoms with E-state index in [-0.39, 0.29) is 82.5 Å². The zero-order chi connectivity index (χ0) is 92.9. The van der Waals surface area contributed by atoms with Gasteiger partial charge in [-0.25, -0.2) is 4.79 Å². The molecule has 2 rings (SSSR count). The fourth-order valence-electron chi connectivity index (χ4n) is 12.1. The van der Waals surface area contributed by atoms with Crippen LogP contribution in [0.1, 0.15) is 149 Å². The lowest BCUT2D eigenvalue weighted by Gasteiger charge is -2.32. The number of thiol groups is 1. The highest BCUT2D eigenvalue weighted by Gasteiger charge is 2.42. The molecule has 0 radical (unpaired) electrons. The summed E-state index contributed by atoms with van der Waals surface area (Å²) in [5.41, 5.74) is 17.4. The minimum atomic E-state index is -2.09. The lowest BCUT2D eigenvalue weighted by molar-refractivity contribution is -0.143. The summed E-state index contributed by atoms with van der Waals surface area (Å²) in [5, 5.41) is 101. The number of benzene rings is 1. The number of hydrogen-bond acceptors (Lipinski definition) is 27. The maximum absolute atomic E-state index is 14.7. The van der Waals surface area contributed by atoms with Crippen molar-refractivity contribution in [1.82, 2.24) is 79.3 Å². The number of nitrogens with zero attached hydrogens (tertiary/aromatic N) is 1. The van der Waals surface area contributed by atoms with Crippen LogP contribution in [0.5, 0.6) is 0 Å². The standard InChI is InChI=1S/C75H118N18O28S2/c1-37(2)59(91-66(111)45(22-25-56(100)101)82-61(106)39(5)80-68(113)49(32-57(102)103)87-65(110)44(21-24-55(98)99)83-62(107)41(78)36-122)73(118)89-48(31-40-15-8-7-9-16-40)69(114)84-42(17-10-12-27-76)63(108)88-50(33-58(104)105)70(115)90-51(35-94)71(116)85-46(26-30-123-6)67(112)92-60(38(3)4)74(119)93-29-14-19-52(93)72(117)79-34-53(95)81-43(20-23-54(96)97)64(109)86-47(75(120)121)18-11-13-28-77/h7-9,15-16,37-39,41-52,59-60,94,122H,10-14,17-36,76-78H2,1-6H3,(H,79,117)(H,80,113)(H,81,95)(H,82,106)(H,83,107)(H,84,114)(H,85,116)(H,86,109)(H,87,110)(H,88,108)(H,89,118)(H,90,115)(H,91,111)(H,92,112)(H,96,97)(H,98,99)(H,100,101)(H,102,103)(H,104,105)(H,120,121)/t39-,41-,42-,43-,44-,45-,46-,47-,48-,49-,50-,51-,52-,59-,60-/m0/s1. The minimum absolute atomic E-state index is 0.0117. The molecule has 0 bridgehead atoms. The SMILES string of the molecule is CSCC[C@H](NC(=O)[C@H](CO)NC(=O)[C@H](CC(=O)O)NC(=O)[C@H](CCCCN)NC(=O)[C@H](Cc1ccccc1)NC(=O)[C@@H](NC(=O)[C@H](CCC(=O)O)NC(=O)[C@H](C)NC(=O)[C@H](CC(=O)O)NC(=O)[C@H](CCC(=O)O)NC(=O)[C@@H](N)CS)C(C)C)C(=O)N[C@H](C(=O)N1CCC[C@H]1C(=O)NCC(=O)N[C@@H](CCC(=O)O)C(=O)N[C@@H](CCCCN)C(=O)O)C(C)C. The van der Waals surface area contributed by atoms with Crippen LogP contribution in [-0.2, 0) is 107 Å². The van der Waals surface area contributed by atoms with E-state index in [1.54, 1.807) is 50.4 Å². The predicted molar refractivity (Wildman–Crippen MR) is 439 cm³/mol. The van der Waals surface area contributed by atoms with E-state index >= 15 is 0 Å². The normalized spacial score (nSPS) is 15.7. The fourth-order valence-corrected chi connectivity index (χ4v) is 12.8. The third-order valence-corrected chi connectivity index (χ3v) is 20.1.